The Bertz CT molecular complexity index is 1430. The summed E-state index contributed by atoms with van der Waals surface area (Å²) in [6.07, 6.45) is -0.0820. The molecule has 1 saturated carbocycles. The molecule has 11 heteroatoms. The van der Waals surface area contributed by atoms with Crippen molar-refractivity contribution in [1.29, 1.82) is 0 Å². The number of ether oxygens (including phenoxy) is 1. The van der Waals surface area contributed by atoms with E-state index in [4.69, 9.17) is 4.74 Å². The molecule has 206 valence electrons. The van der Waals surface area contributed by atoms with Crippen molar-refractivity contribution < 1.29 is 27.1 Å². The van der Waals surface area contributed by atoms with Gasteiger partial charge in [0.1, 0.15) is 18.0 Å². The molecule has 0 unspecified atom stereocenters. The van der Waals surface area contributed by atoms with Crippen molar-refractivity contribution in [3.63, 3.8) is 0 Å². The van der Waals surface area contributed by atoms with Crippen LogP contribution in [0.15, 0.2) is 36.7 Å². The third kappa shape index (κ3) is 4.71. The van der Waals surface area contributed by atoms with Crippen LogP contribution >= 0.6 is 0 Å². The van der Waals surface area contributed by atoms with Gasteiger partial charge in [-0.05, 0) is 73.2 Å². The van der Waals surface area contributed by atoms with Crippen LogP contribution in [0.1, 0.15) is 70.5 Å². The number of anilines is 1. The molecule has 3 heterocycles. The van der Waals surface area contributed by atoms with Gasteiger partial charge in [-0.1, -0.05) is 0 Å². The van der Waals surface area contributed by atoms with Crippen molar-refractivity contribution in [3.05, 3.63) is 76.1 Å². The van der Waals surface area contributed by atoms with Crippen molar-refractivity contribution >= 4 is 11.6 Å². The monoisotopic (exact) mass is 543 g/mol. The molecule has 1 aromatic heterocycles. The average molecular weight is 544 g/mol. The normalized spacial score (nSPS) is 19.5. The number of nitrogens with zero attached hydrogens (tertiary/aromatic N) is 4. The number of amides is 1. The van der Waals surface area contributed by atoms with Gasteiger partial charge in [-0.2, -0.15) is 13.2 Å². The lowest BCUT2D eigenvalue weighted by atomic mass is 9.78. The van der Waals surface area contributed by atoms with Crippen LogP contribution in [0.5, 0.6) is 0 Å². The van der Waals surface area contributed by atoms with Gasteiger partial charge in [-0.25, -0.2) is 4.39 Å². The number of hydrogen-bond donors (Lipinski definition) is 1. The molecule has 7 nitrogen and oxygen atoms in total. The second-order valence-electron chi connectivity index (χ2n) is 11.1. The van der Waals surface area contributed by atoms with E-state index in [1.54, 1.807) is 24.0 Å². The Labute approximate surface area is 223 Å². The molecule has 2 aromatic carbocycles. The Balaban J connectivity index is 1.36. The maximum Gasteiger partial charge on any atom is 0.416 e. The van der Waals surface area contributed by atoms with Crippen LogP contribution in [-0.2, 0) is 31.1 Å². The number of aromatic nitrogens is 3. The standard InChI is InChI=1S/C28H29F4N5O2/c1-27(4-3-5-27)33-11-16-6-21-22(23(7-16)28(30,31)32)12-37(26(21)38)20-9-17(8-19(29)10-20)24(18-13-39-14-18)25-35-34-15-36(25)2/h6-10,15,18,24,33H,3-5,11-14H2,1-2H3/t24-/m1/s1. The first kappa shape index (κ1) is 25.9. The first-order valence-corrected chi connectivity index (χ1v) is 13.0. The summed E-state index contributed by atoms with van der Waals surface area (Å²) < 4.78 is 64.6. The van der Waals surface area contributed by atoms with Crippen LogP contribution in [0.2, 0.25) is 0 Å². The molecule has 0 bridgehead atoms. The van der Waals surface area contributed by atoms with Crippen LogP contribution in [0.4, 0.5) is 23.2 Å². The van der Waals surface area contributed by atoms with E-state index in [0.717, 1.165) is 25.3 Å². The van der Waals surface area contributed by atoms with Gasteiger partial charge < -0.3 is 19.5 Å². The lowest BCUT2D eigenvalue weighted by Gasteiger charge is -2.39. The fourth-order valence-electron chi connectivity index (χ4n) is 5.81. The van der Waals surface area contributed by atoms with Crippen molar-refractivity contribution in [2.45, 2.75) is 56.9 Å². The topological polar surface area (TPSA) is 72.3 Å². The minimum atomic E-state index is -4.63. The minimum Gasteiger partial charge on any atom is -0.381 e. The number of aryl methyl sites for hydroxylation is 1. The summed E-state index contributed by atoms with van der Waals surface area (Å²) >= 11 is 0. The quantitative estimate of drug-likeness (QED) is 0.428. The SMILES string of the molecule is Cn1cnnc1[C@H](c1cc(F)cc(N2Cc3c(cc(CNC4(C)CCC4)cc3C(F)(F)F)C2=O)c1)C1COC1. The van der Waals surface area contributed by atoms with Crippen LogP contribution in [-0.4, -0.2) is 39.4 Å². The maximum absolute atomic E-state index is 15.0. The molecule has 2 aliphatic heterocycles. The highest BCUT2D eigenvalue weighted by Crippen LogP contribution is 2.42. The summed E-state index contributed by atoms with van der Waals surface area (Å²) in [5, 5.41) is 11.5. The molecule has 1 saturated heterocycles. The summed E-state index contributed by atoms with van der Waals surface area (Å²) in [6, 6.07) is 6.89. The predicted molar refractivity (Wildman–Crippen MR) is 135 cm³/mol. The molecule has 6 rings (SSSR count). The Morgan fingerprint density at radius 1 is 1.18 bits per heavy atom. The molecule has 3 aliphatic rings. The average Bonchev–Trinajstić information content (AvgIpc) is 3.40. The van der Waals surface area contributed by atoms with Gasteiger partial charge in [0.2, 0.25) is 0 Å². The van der Waals surface area contributed by atoms with Crippen molar-refractivity contribution in [1.82, 2.24) is 20.1 Å². The first-order chi connectivity index (χ1) is 18.5. The van der Waals surface area contributed by atoms with Crippen molar-refractivity contribution in [2.24, 2.45) is 13.0 Å². The molecule has 0 spiro atoms. The second-order valence-corrected chi connectivity index (χ2v) is 11.1. The van der Waals surface area contributed by atoms with Gasteiger partial charge in [-0.15, -0.1) is 10.2 Å². The molecule has 1 N–H and O–H groups in total. The second kappa shape index (κ2) is 9.41. The summed E-state index contributed by atoms with van der Waals surface area (Å²) in [6.45, 7) is 2.91. The minimum absolute atomic E-state index is 0.00319. The van der Waals surface area contributed by atoms with Gasteiger partial charge in [0.15, 0.2) is 0 Å². The van der Waals surface area contributed by atoms with Crippen molar-refractivity contribution in [2.75, 3.05) is 18.1 Å². The number of hydrogen-bond acceptors (Lipinski definition) is 5. The summed E-state index contributed by atoms with van der Waals surface area (Å²) in [5.41, 5.74) is 0.151. The van der Waals surface area contributed by atoms with Gasteiger partial charge in [0.05, 0.1) is 31.2 Å². The van der Waals surface area contributed by atoms with Crippen LogP contribution in [0.3, 0.4) is 0 Å². The molecule has 1 atom stereocenters. The third-order valence-electron chi connectivity index (χ3n) is 8.32. The van der Waals surface area contributed by atoms with Crippen LogP contribution in [0, 0.1) is 11.7 Å². The molecule has 39 heavy (non-hydrogen) atoms. The molecule has 1 aliphatic carbocycles. The fourth-order valence-corrected chi connectivity index (χ4v) is 5.81. The largest absolute Gasteiger partial charge is 0.416 e. The Kier molecular flexibility index (Phi) is 6.26. The molecule has 3 aromatic rings. The maximum atomic E-state index is 15.0. The number of carbonyl (C=O) groups is 1. The van der Waals surface area contributed by atoms with Gasteiger partial charge in [0, 0.05) is 36.3 Å². The van der Waals surface area contributed by atoms with Crippen molar-refractivity contribution in [3.8, 4) is 0 Å². The summed E-state index contributed by atoms with van der Waals surface area (Å²) in [7, 11) is 1.79. The summed E-state index contributed by atoms with van der Waals surface area (Å²) in [5.74, 6) is -0.873. The number of halogens is 4. The lowest BCUT2D eigenvalue weighted by molar-refractivity contribution is -0.138. The molecule has 0 radical (unpaired) electrons. The number of carbonyl (C=O) groups excluding carboxylic acids is 1. The first-order valence-electron chi connectivity index (χ1n) is 13.0. The van der Waals surface area contributed by atoms with E-state index < -0.39 is 23.5 Å². The Morgan fingerprint density at radius 2 is 1.95 bits per heavy atom. The van der Waals surface area contributed by atoms with E-state index in [-0.39, 0.29) is 47.3 Å². The van der Waals surface area contributed by atoms with E-state index in [9.17, 15) is 18.0 Å². The fraction of sp³-hybridized carbons (Fsp3) is 0.464. The van der Waals surface area contributed by atoms with Gasteiger partial charge in [0.25, 0.3) is 5.91 Å². The molecular weight excluding hydrogens is 514 g/mol. The van der Waals surface area contributed by atoms with E-state index in [1.165, 1.54) is 23.1 Å². The Hall–Kier alpha value is -3.31. The van der Waals surface area contributed by atoms with Gasteiger partial charge in [-0.3, -0.25) is 4.79 Å². The van der Waals surface area contributed by atoms with E-state index in [0.29, 0.717) is 30.2 Å². The molecule has 2 fully saturated rings. The van der Waals surface area contributed by atoms with E-state index in [2.05, 4.69) is 15.5 Å². The number of benzene rings is 2. The number of fused-ring (bicyclic) bond motifs is 1. The highest BCUT2D eigenvalue weighted by Gasteiger charge is 2.41. The zero-order valence-corrected chi connectivity index (χ0v) is 21.7. The van der Waals surface area contributed by atoms with Crippen LogP contribution < -0.4 is 10.2 Å². The van der Waals surface area contributed by atoms with Gasteiger partial charge >= 0.3 is 6.18 Å². The molecule has 1 amide bonds. The zero-order chi connectivity index (χ0) is 27.5. The number of rotatable bonds is 7. The highest BCUT2D eigenvalue weighted by molar-refractivity contribution is 6.10. The highest BCUT2D eigenvalue weighted by atomic mass is 19.4. The van der Waals surface area contributed by atoms with E-state index >= 15 is 4.39 Å². The third-order valence-corrected chi connectivity index (χ3v) is 8.32. The smallest absolute Gasteiger partial charge is 0.381 e. The Morgan fingerprint density at radius 3 is 2.54 bits per heavy atom. The lowest BCUT2D eigenvalue weighted by Crippen LogP contribution is -2.47. The molecular formula is C28H29F4N5O2. The predicted octanol–water partition coefficient (Wildman–Crippen LogP) is 4.94. The van der Waals surface area contributed by atoms with Crippen LogP contribution in [0.25, 0.3) is 0 Å². The number of alkyl halides is 3. The van der Waals surface area contributed by atoms with E-state index in [1.807, 2.05) is 6.92 Å². The number of nitrogens with one attached hydrogen (secondary N) is 1. The zero-order valence-electron chi connectivity index (χ0n) is 21.7. The summed E-state index contributed by atoms with van der Waals surface area (Å²) in [4.78, 5) is 14.8.